The largest absolute Gasteiger partial charge is 0.480 e. The minimum atomic E-state index is -0.672. The van der Waals surface area contributed by atoms with Gasteiger partial charge < -0.3 is 5.11 Å². The van der Waals surface area contributed by atoms with Crippen LogP contribution in [0.25, 0.3) is 0 Å². The number of carboxylic acids is 1. The number of hydrogen-bond acceptors (Lipinski definition) is 2. The molecule has 0 heterocycles. The van der Waals surface area contributed by atoms with Crippen molar-refractivity contribution in [2.24, 2.45) is 11.8 Å². The maximum Gasteiger partial charge on any atom is 0.321 e. The Morgan fingerprint density at radius 2 is 2.07 bits per heavy atom. The summed E-state index contributed by atoms with van der Waals surface area (Å²) in [5.74, 6) is 0.357. The van der Waals surface area contributed by atoms with Crippen LogP contribution in [0.2, 0.25) is 0 Å². The van der Waals surface area contributed by atoms with Crippen molar-refractivity contribution >= 4 is 5.97 Å². The number of carboxylic acid groups (broad SMARTS) is 1. The highest BCUT2D eigenvalue weighted by Gasteiger charge is 2.32. The third kappa shape index (κ3) is 2.71. The molecule has 3 heteroatoms. The monoisotopic (exact) mass is 199 g/mol. The van der Waals surface area contributed by atoms with Gasteiger partial charge in [-0.05, 0) is 38.8 Å². The van der Waals surface area contributed by atoms with Crippen LogP contribution in [-0.4, -0.2) is 36.1 Å². The van der Waals surface area contributed by atoms with Gasteiger partial charge in [-0.3, -0.25) is 9.69 Å². The summed E-state index contributed by atoms with van der Waals surface area (Å²) in [6, 6.07) is -0.294. The van der Waals surface area contributed by atoms with E-state index in [1.807, 2.05) is 19.0 Å². The standard InChI is InChI=1S/C11H21NO2/c1-8-5-4-6-9(7-8)10(11(13)14)12(2)3/h8-10H,4-7H2,1-3H3,(H,13,14). The van der Waals surface area contributed by atoms with E-state index in [-0.39, 0.29) is 6.04 Å². The topological polar surface area (TPSA) is 40.5 Å². The van der Waals surface area contributed by atoms with Crippen LogP contribution in [0.5, 0.6) is 0 Å². The summed E-state index contributed by atoms with van der Waals surface area (Å²) < 4.78 is 0. The van der Waals surface area contributed by atoms with Gasteiger partial charge in [0.25, 0.3) is 0 Å². The Balaban J connectivity index is 2.63. The van der Waals surface area contributed by atoms with E-state index in [2.05, 4.69) is 6.92 Å². The summed E-state index contributed by atoms with van der Waals surface area (Å²) in [6.45, 7) is 2.22. The van der Waals surface area contributed by atoms with E-state index in [1.54, 1.807) is 0 Å². The van der Waals surface area contributed by atoms with Crippen LogP contribution in [0.4, 0.5) is 0 Å². The molecule has 0 amide bonds. The van der Waals surface area contributed by atoms with E-state index in [9.17, 15) is 4.79 Å². The molecule has 3 nitrogen and oxygen atoms in total. The molecule has 0 aromatic rings. The third-order valence-corrected chi connectivity index (χ3v) is 3.23. The molecule has 0 spiro atoms. The smallest absolute Gasteiger partial charge is 0.321 e. The fraction of sp³-hybridized carbons (Fsp3) is 0.909. The summed E-state index contributed by atoms with van der Waals surface area (Å²) >= 11 is 0. The summed E-state index contributed by atoms with van der Waals surface area (Å²) in [5.41, 5.74) is 0. The van der Waals surface area contributed by atoms with Crippen LogP contribution in [0.15, 0.2) is 0 Å². The van der Waals surface area contributed by atoms with E-state index < -0.39 is 5.97 Å². The van der Waals surface area contributed by atoms with Crippen LogP contribution >= 0.6 is 0 Å². The maximum absolute atomic E-state index is 11.1. The molecule has 3 atom stereocenters. The predicted octanol–water partition coefficient (Wildman–Crippen LogP) is 1.83. The molecule has 0 radical (unpaired) electrons. The lowest BCUT2D eigenvalue weighted by atomic mass is 9.78. The Morgan fingerprint density at radius 3 is 2.50 bits per heavy atom. The second kappa shape index (κ2) is 4.78. The SMILES string of the molecule is CC1CCCC(C(C(=O)O)N(C)C)C1. The van der Waals surface area contributed by atoms with Crippen molar-refractivity contribution in [1.82, 2.24) is 4.90 Å². The van der Waals surface area contributed by atoms with Crippen molar-refractivity contribution in [2.75, 3.05) is 14.1 Å². The van der Waals surface area contributed by atoms with Crippen molar-refractivity contribution in [3.05, 3.63) is 0 Å². The Kier molecular flexibility index (Phi) is 3.93. The minimum Gasteiger partial charge on any atom is -0.480 e. The molecule has 1 aliphatic rings. The number of likely N-dealkylation sites (N-methyl/N-ethyl adjacent to an activating group) is 1. The highest BCUT2D eigenvalue weighted by Crippen LogP contribution is 2.32. The van der Waals surface area contributed by atoms with Crippen LogP contribution in [0.3, 0.4) is 0 Å². The zero-order valence-electron chi connectivity index (χ0n) is 9.36. The molecule has 0 saturated heterocycles. The lowest BCUT2D eigenvalue weighted by Crippen LogP contribution is -2.43. The Bertz CT molecular complexity index is 203. The first-order valence-electron chi connectivity index (χ1n) is 5.41. The van der Waals surface area contributed by atoms with Crippen molar-refractivity contribution in [3.63, 3.8) is 0 Å². The molecule has 3 unspecified atom stereocenters. The minimum absolute atomic E-state index is 0.294. The second-order valence-corrected chi connectivity index (χ2v) is 4.78. The molecule has 14 heavy (non-hydrogen) atoms. The molecule has 1 saturated carbocycles. The van der Waals surface area contributed by atoms with Gasteiger partial charge in [0, 0.05) is 0 Å². The van der Waals surface area contributed by atoms with Crippen LogP contribution in [0.1, 0.15) is 32.6 Å². The van der Waals surface area contributed by atoms with Crippen LogP contribution in [0, 0.1) is 11.8 Å². The zero-order valence-corrected chi connectivity index (χ0v) is 9.36. The predicted molar refractivity (Wildman–Crippen MR) is 56.2 cm³/mol. The molecule has 0 aliphatic heterocycles. The molecule has 82 valence electrons. The first kappa shape index (κ1) is 11.5. The lowest BCUT2D eigenvalue weighted by molar-refractivity contribution is -0.145. The normalized spacial score (nSPS) is 30.3. The Labute approximate surface area is 86.1 Å². The van der Waals surface area contributed by atoms with E-state index in [1.165, 1.54) is 12.8 Å². The van der Waals surface area contributed by atoms with Crippen molar-refractivity contribution < 1.29 is 9.90 Å². The fourth-order valence-corrected chi connectivity index (χ4v) is 2.61. The number of hydrogen-bond donors (Lipinski definition) is 1. The third-order valence-electron chi connectivity index (χ3n) is 3.23. The molecule has 0 aromatic carbocycles. The average molecular weight is 199 g/mol. The first-order chi connectivity index (χ1) is 6.52. The summed E-state index contributed by atoms with van der Waals surface area (Å²) in [7, 11) is 3.72. The van der Waals surface area contributed by atoms with Crippen LogP contribution in [-0.2, 0) is 4.79 Å². The zero-order chi connectivity index (χ0) is 10.7. The van der Waals surface area contributed by atoms with Gasteiger partial charge in [0.2, 0.25) is 0 Å². The summed E-state index contributed by atoms with van der Waals surface area (Å²) in [6.07, 6.45) is 4.58. The van der Waals surface area contributed by atoms with Crippen molar-refractivity contribution in [1.29, 1.82) is 0 Å². The highest BCUT2D eigenvalue weighted by atomic mass is 16.4. The maximum atomic E-state index is 11.1. The highest BCUT2D eigenvalue weighted by molar-refractivity contribution is 5.73. The number of aliphatic carboxylic acids is 1. The quantitative estimate of drug-likeness (QED) is 0.754. The van der Waals surface area contributed by atoms with Crippen LogP contribution < -0.4 is 0 Å². The van der Waals surface area contributed by atoms with Crippen molar-refractivity contribution in [3.8, 4) is 0 Å². The molecule has 1 N–H and O–H groups in total. The fourth-order valence-electron chi connectivity index (χ4n) is 2.61. The lowest BCUT2D eigenvalue weighted by Gasteiger charge is -2.34. The van der Waals surface area contributed by atoms with Gasteiger partial charge in [-0.25, -0.2) is 0 Å². The van der Waals surface area contributed by atoms with E-state index in [0.29, 0.717) is 11.8 Å². The molecule has 1 rings (SSSR count). The van der Waals surface area contributed by atoms with Gasteiger partial charge in [0.15, 0.2) is 0 Å². The number of carbonyl (C=O) groups is 1. The van der Waals surface area contributed by atoms with E-state index in [0.717, 1.165) is 12.8 Å². The van der Waals surface area contributed by atoms with E-state index in [4.69, 9.17) is 5.11 Å². The van der Waals surface area contributed by atoms with Gasteiger partial charge in [-0.1, -0.05) is 19.8 Å². The van der Waals surface area contributed by atoms with Gasteiger partial charge in [0.1, 0.15) is 6.04 Å². The van der Waals surface area contributed by atoms with Crippen molar-refractivity contribution in [2.45, 2.75) is 38.6 Å². The van der Waals surface area contributed by atoms with Gasteiger partial charge in [-0.15, -0.1) is 0 Å². The molecular formula is C11H21NO2. The van der Waals surface area contributed by atoms with Gasteiger partial charge >= 0.3 is 5.97 Å². The number of rotatable bonds is 3. The first-order valence-corrected chi connectivity index (χ1v) is 5.41. The Morgan fingerprint density at radius 1 is 1.43 bits per heavy atom. The molecule has 0 aromatic heterocycles. The molecule has 0 bridgehead atoms. The summed E-state index contributed by atoms with van der Waals surface area (Å²) in [5, 5.41) is 9.14. The molecule has 1 fully saturated rings. The molecular weight excluding hydrogens is 178 g/mol. The number of nitrogens with zero attached hydrogens (tertiary/aromatic N) is 1. The molecule has 1 aliphatic carbocycles. The van der Waals surface area contributed by atoms with E-state index >= 15 is 0 Å². The van der Waals surface area contributed by atoms with Gasteiger partial charge in [0.05, 0.1) is 0 Å². The second-order valence-electron chi connectivity index (χ2n) is 4.78. The average Bonchev–Trinajstić information content (AvgIpc) is 2.02. The Hall–Kier alpha value is -0.570. The summed E-state index contributed by atoms with van der Waals surface area (Å²) in [4.78, 5) is 12.9. The van der Waals surface area contributed by atoms with Gasteiger partial charge in [-0.2, -0.15) is 0 Å².